The smallest absolute Gasteiger partial charge is 0.327 e. The highest BCUT2D eigenvalue weighted by atomic mass is 35.5. The Kier molecular flexibility index (Phi) is 3.60. The zero-order chi connectivity index (χ0) is 10.8. The molecule has 0 aromatic rings. The Hall–Kier alpha value is -0.490. The third kappa shape index (κ3) is 3.71. The fourth-order valence-corrected chi connectivity index (χ4v) is 1.50. The number of hydrogen-bond donors (Lipinski definition) is 0. The monoisotopic (exact) mass is 230 g/mol. The number of hydrogen-bond acceptors (Lipinski definition) is 2. The molecule has 1 aliphatic rings. The van der Waals surface area contributed by atoms with Gasteiger partial charge in [0.2, 0.25) is 0 Å². The van der Waals surface area contributed by atoms with Crippen LogP contribution in [0.15, 0.2) is 0 Å². The maximum absolute atomic E-state index is 11.9. The van der Waals surface area contributed by atoms with Crippen LogP contribution in [0.5, 0.6) is 0 Å². The second-order valence-corrected chi connectivity index (χ2v) is 3.45. The minimum atomic E-state index is -4.17. The van der Waals surface area contributed by atoms with Crippen LogP contribution in [0.1, 0.15) is 0 Å². The molecule has 14 heavy (non-hydrogen) atoms. The fraction of sp³-hybridized carbons (Fsp3) is 0.857. The summed E-state index contributed by atoms with van der Waals surface area (Å²) >= 11 is 5.18. The van der Waals surface area contributed by atoms with Gasteiger partial charge in [0.05, 0.1) is 6.54 Å². The van der Waals surface area contributed by atoms with E-state index in [1.54, 1.807) is 0 Å². The molecule has 0 N–H and O–H groups in total. The lowest BCUT2D eigenvalue weighted by atomic mass is 10.3. The summed E-state index contributed by atoms with van der Waals surface area (Å²) in [4.78, 5) is 13.2. The van der Waals surface area contributed by atoms with Crippen molar-refractivity contribution in [3.63, 3.8) is 0 Å². The van der Waals surface area contributed by atoms with E-state index in [0.29, 0.717) is 0 Å². The molecule has 0 aromatic carbocycles. The van der Waals surface area contributed by atoms with Crippen LogP contribution >= 0.6 is 11.6 Å². The van der Waals surface area contributed by atoms with Gasteiger partial charge in [-0.15, -0.1) is 0 Å². The van der Waals surface area contributed by atoms with Gasteiger partial charge in [0, 0.05) is 26.2 Å². The summed E-state index contributed by atoms with van der Waals surface area (Å²) in [7, 11) is 0. The number of carbonyl (C=O) groups is 1. The summed E-state index contributed by atoms with van der Waals surface area (Å²) in [6.07, 6.45) is -4.17. The molecule has 0 unspecified atom stereocenters. The van der Waals surface area contributed by atoms with Crippen molar-refractivity contribution in [2.75, 3.05) is 32.7 Å². The van der Waals surface area contributed by atoms with E-state index < -0.39 is 18.1 Å². The van der Waals surface area contributed by atoms with E-state index in [0.717, 1.165) is 0 Å². The van der Waals surface area contributed by atoms with Gasteiger partial charge in [-0.2, -0.15) is 13.2 Å². The standard InChI is InChI=1S/C7H10ClF3N2O/c8-6(14)13-3-1-12(2-4-13)5-7(9,10)11/h1-5H2. The lowest BCUT2D eigenvalue weighted by molar-refractivity contribution is -0.148. The number of rotatable bonds is 1. The average Bonchev–Trinajstić information content (AvgIpc) is 2.02. The van der Waals surface area contributed by atoms with E-state index in [9.17, 15) is 18.0 Å². The van der Waals surface area contributed by atoms with Crippen molar-refractivity contribution in [1.82, 2.24) is 9.80 Å². The molecule has 3 nitrogen and oxygen atoms in total. The number of nitrogens with zero attached hydrogens (tertiary/aromatic N) is 2. The highest BCUT2D eigenvalue weighted by Gasteiger charge is 2.32. The van der Waals surface area contributed by atoms with Crippen LogP contribution in [0.4, 0.5) is 18.0 Å². The van der Waals surface area contributed by atoms with Gasteiger partial charge in [-0.05, 0) is 11.6 Å². The second-order valence-electron chi connectivity index (χ2n) is 3.13. The molecular weight excluding hydrogens is 221 g/mol. The number of halogens is 4. The third-order valence-corrected chi connectivity index (χ3v) is 2.26. The summed E-state index contributed by atoms with van der Waals surface area (Å²) in [6.45, 7) is 0.0457. The lowest BCUT2D eigenvalue weighted by Gasteiger charge is -2.33. The Bertz CT molecular complexity index is 213. The van der Waals surface area contributed by atoms with Crippen molar-refractivity contribution in [3.05, 3.63) is 0 Å². The second kappa shape index (κ2) is 4.35. The molecular formula is C7H10ClF3N2O. The zero-order valence-electron chi connectivity index (χ0n) is 7.35. The first-order valence-electron chi connectivity index (χ1n) is 4.12. The van der Waals surface area contributed by atoms with Gasteiger partial charge >= 0.3 is 11.5 Å². The van der Waals surface area contributed by atoms with Crippen LogP contribution in [-0.4, -0.2) is 54.1 Å². The van der Waals surface area contributed by atoms with Crippen LogP contribution in [0.2, 0.25) is 0 Å². The van der Waals surface area contributed by atoms with Gasteiger partial charge in [0.15, 0.2) is 0 Å². The molecule has 0 atom stereocenters. The average molecular weight is 231 g/mol. The molecule has 0 radical (unpaired) electrons. The SMILES string of the molecule is O=C(Cl)N1CCN(CC(F)(F)F)CC1. The van der Waals surface area contributed by atoms with Gasteiger partial charge in [-0.1, -0.05) is 0 Å². The van der Waals surface area contributed by atoms with Gasteiger partial charge < -0.3 is 4.90 Å². The van der Waals surface area contributed by atoms with Gasteiger partial charge in [0.25, 0.3) is 0 Å². The third-order valence-electron chi connectivity index (χ3n) is 2.02. The molecule has 7 heteroatoms. The minimum absolute atomic E-state index is 0.220. The van der Waals surface area contributed by atoms with E-state index in [1.807, 2.05) is 0 Å². The summed E-state index contributed by atoms with van der Waals surface area (Å²) < 4.78 is 35.8. The van der Waals surface area contributed by atoms with Crippen LogP contribution in [0.25, 0.3) is 0 Å². The first-order valence-corrected chi connectivity index (χ1v) is 4.50. The van der Waals surface area contributed by atoms with Crippen molar-refractivity contribution in [3.8, 4) is 0 Å². The molecule has 1 fully saturated rings. The van der Waals surface area contributed by atoms with Crippen LogP contribution in [0.3, 0.4) is 0 Å². The van der Waals surface area contributed by atoms with Crippen LogP contribution < -0.4 is 0 Å². The van der Waals surface area contributed by atoms with Gasteiger partial charge in [0.1, 0.15) is 0 Å². The molecule has 0 bridgehead atoms. The van der Waals surface area contributed by atoms with Gasteiger partial charge in [-0.3, -0.25) is 9.69 Å². The lowest BCUT2D eigenvalue weighted by Crippen LogP contribution is -2.49. The Balaban J connectivity index is 2.33. The van der Waals surface area contributed by atoms with Crippen molar-refractivity contribution in [2.45, 2.75) is 6.18 Å². The summed E-state index contributed by atoms with van der Waals surface area (Å²) in [5.41, 5.74) is 0. The molecule has 1 aliphatic heterocycles. The Morgan fingerprint density at radius 2 is 1.71 bits per heavy atom. The number of piperazine rings is 1. The van der Waals surface area contributed by atoms with Crippen molar-refractivity contribution < 1.29 is 18.0 Å². The molecule has 1 heterocycles. The summed E-state index contributed by atoms with van der Waals surface area (Å²) in [5.74, 6) is 0. The highest BCUT2D eigenvalue weighted by molar-refractivity contribution is 6.62. The maximum atomic E-state index is 11.9. The molecule has 1 rings (SSSR count). The number of alkyl halides is 3. The van der Waals surface area contributed by atoms with Crippen LogP contribution in [-0.2, 0) is 0 Å². The summed E-state index contributed by atoms with van der Waals surface area (Å²) in [5, 5.41) is -0.600. The maximum Gasteiger partial charge on any atom is 0.401 e. The Labute approximate surface area is 84.4 Å². The van der Waals surface area contributed by atoms with Crippen molar-refractivity contribution >= 4 is 17.0 Å². The van der Waals surface area contributed by atoms with E-state index in [2.05, 4.69) is 0 Å². The summed E-state index contributed by atoms with van der Waals surface area (Å²) in [6, 6.07) is 0. The van der Waals surface area contributed by atoms with E-state index >= 15 is 0 Å². The first kappa shape index (κ1) is 11.6. The molecule has 0 saturated carbocycles. The van der Waals surface area contributed by atoms with E-state index in [4.69, 9.17) is 11.6 Å². The van der Waals surface area contributed by atoms with Crippen LogP contribution in [0, 0.1) is 0 Å². The predicted octanol–water partition coefficient (Wildman–Crippen LogP) is 1.53. The predicted molar refractivity (Wildman–Crippen MR) is 45.3 cm³/mol. The number of amides is 1. The fourth-order valence-electron chi connectivity index (χ4n) is 1.34. The van der Waals surface area contributed by atoms with Gasteiger partial charge in [-0.25, -0.2) is 0 Å². The Morgan fingerprint density at radius 1 is 1.21 bits per heavy atom. The van der Waals surface area contributed by atoms with Crippen molar-refractivity contribution in [1.29, 1.82) is 0 Å². The van der Waals surface area contributed by atoms with Crippen molar-refractivity contribution in [2.24, 2.45) is 0 Å². The highest BCUT2D eigenvalue weighted by Crippen LogP contribution is 2.17. The Morgan fingerprint density at radius 3 is 2.07 bits per heavy atom. The molecule has 0 aliphatic carbocycles. The largest absolute Gasteiger partial charge is 0.401 e. The normalized spacial score (nSPS) is 19.9. The number of carbonyl (C=O) groups excluding carboxylic acids is 1. The molecule has 0 aromatic heterocycles. The minimum Gasteiger partial charge on any atom is -0.327 e. The molecule has 82 valence electrons. The van der Waals surface area contributed by atoms with E-state index in [-0.39, 0.29) is 26.2 Å². The quantitative estimate of drug-likeness (QED) is 0.504. The van der Waals surface area contributed by atoms with E-state index in [1.165, 1.54) is 9.80 Å². The topological polar surface area (TPSA) is 23.6 Å². The first-order chi connectivity index (χ1) is 6.38. The molecule has 0 spiro atoms. The molecule has 1 amide bonds. The zero-order valence-corrected chi connectivity index (χ0v) is 8.11. The molecule has 1 saturated heterocycles.